The van der Waals surface area contributed by atoms with Crippen LogP contribution in [0.3, 0.4) is 0 Å². The molecule has 0 fully saturated rings. The van der Waals surface area contributed by atoms with Gasteiger partial charge in [-0.1, -0.05) is 18.2 Å². The molecule has 0 unspecified atom stereocenters. The van der Waals surface area contributed by atoms with Crippen molar-refractivity contribution in [1.29, 1.82) is 0 Å². The van der Waals surface area contributed by atoms with Crippen molar-refractivity contribution in [3.8, 4) is 0 Å². The zero-order valence-corrected chi connectivity index (χ0v) is 8.81. The van der Waals surface area contributed by atoms with Gasteiger partial charge < -0.3 is 4.98 Å². The third-order valence-electron chi connectivity index (χ3n) is 2.41. The Morgan fingerprint density at radius 2 is 1.73 bits per heavy atom. The van der Waals surface area contributed by atoms with Gasteiger partial charge in [0.05, 0.1) is 0 Å². The van der Waals surface area contributed by atoms with Crippen LogP contribution in [0.4, 0.5) is 0 Å². The summed E-state index contributed by atoms with van der Waals surface area (Å²) in [5.41, 5.74) is 1.03. The van der Waals surface area contributed by atoms with E-state index in [4.69, 9.17) is 0 Å². The fourth-order valence-corrected chi connectivity index (χ4v) is 1.73. The summed E-state index contributed by atoms with van der Waals surface area (Å²) in [5.74, 6) is 0. The second kappa shape index (κ2) is 4.01. The zero-order chi connectivity index (χ0) is 9.38. The number of hydrogen-bond acceptors (Lipinski definition) is 1. The van der Waals surface area contributed by atoms with Crippen LogP contribution < -0.4 is 0 Å². The van der Waals surface area contributed by atoms with Crippen molar-refractivity contribution in [2.24, 2.45) is 0 Å². The number of aromatic nitrogens is 1. The average molecular weight is 242 g/mol. The van der Waals surface area contributed by atoms with Crippen LogP contribution >= 0.6 is 0 Å². The van der Waals surface area contributed by atoms with Crippen molar-refractivity contribution >= 4 is 21.7 Å². The second-order valence-corrected chi connectivity index (χ2v) is 3.28. The summed E-state index contributed by atoms with van der Waals surface area (Å²) in [5, 5.41) is 3.46. The summed E-state index contributed by atoms with van der Waals surface area (Å²) in [6.07, 6.45) is 1.82. The normalized spacial score (nSPS) is 10.1. The second-order valence-electron chi connectivity index (χ2n) is 3.28. The Kier molecular flexibility index (Phi) is 2.72. The molecule has 3 rings (SSSR count). The molecule has 0 aliphatic rings. The summed E-state index contributed by atoms with van der Waals surface area (Å²) < 4.78 is 0. The van der Waals surface area contributed by atoms with Crippen molar-refractivity contribution in [2.45, 2.75) is 0 Å². The molecule has 0 radical (unpaired) electrons. The molecule has 0 aliphatic heterocycles. The van der Waals surface area contributed by atoms with Gasteiger partial charge in [0.25, 0.3) is 0 Å². The number of benzene rings is 2. The topological polar surface area (TPSA) is 12.9 Å². The van der Waals surface area contributed by atoms with E-state index in [1.165, 1.54) is 10.8 Å². The Hall–Kier alpha value is -1.37. The molecule has 1 aromatic heterocycles. The SMILES string of the molecule is [Cu+].[c-]1cccc2ccc3cccnc3c12. The number of nitrogens with zero attached hydrogens (tertiary/aromatic N) is 1. The Bertz CT molecular complexity index is 550. The molecule has 3 aromatic rings. The molecule has 15 heavy (non-hydrogen) atoms. The molecule has 0 amide bonds. The number of hydrogen-bond donors (Lipinski definition) is 0. The molecule has 0 aliphatic carbocycles. The monoisotopic (exact) mass is 241 g/mol. The van der Waals surface area contributed by atoms with Crippen LogP contribution in [0.15, 0.2) is 48.7 Å². The van der Waals surface area contributed by atoms with E-state index < -0.39 is 0 Å². The van der Waals surface area contributed by atoms with Crippen molar-refractivity contribution in [2.75, 3.05) is 0 Å². The van der Waals surface area contributed by atoms with Gasteiger partial charge in [0.15, 0.2) is 0 Å². The standard InChI is InChI=1S/C13H8N.Cu/c1-2-6-12-10(4-1)7-8-11-5-3-9-14-13(11)12;/h1-5,7-9H;/q-1;+1. The van der Waals surface area contributed by atoms with E-state index in [0.717, 1.165) is 10.9 Å². The molecule has 2 heteroatoms. The first-order chi connectivity index (χ1) is 6.95. The van der Waals surface area contributed by atoms with E-state index in [1.54, 1.807) is 0 Å². The summed E-state index contributed by atoms with van der Waals surface area (Å²) >= 11 is 0. The van der Waals surface area contributed by atoms with Gasteiger partial charge >= 0.3 is 17.1 Å². The molecule has 0 bridgehead atoms. The van der Waals surface area contributed by atoms with Crippen LogP contribution in [0, 0.1) is 6.07 Å². The van der Waals surface area contributed by atoms with Crippen molar-refractivity contribution in [1.82, 2.24) is 4.98 Å². The van der Waals surface area contributed by atoms with E-state index in [-0.39, 0.29) is 17.1 Å². The molecule has 0 atom stereocenters. The Morgan fingerprint density at radius 3 is 2.67 bits per heavy atom. The minimum atomic E-state index is 0. The van der Waals surface area contributed by atoms with Crippen LogP contribution in [-0.4, -0.2) is 4.98 Å². The van der Waals surface area contributed by atoms with E-state index in [0.29, 0.717) is 0 Å². The first-order valence-corrected chi connectivity index (χ1v) is 4.59. The van der Waals surface area contributed by atoms with E-state index in [2.05, 4.69) is 35.3 Å². The number of pyridine rings is 1. The minimum absolute atomic E-state index is 0. The van der Waals surface area contributed by atoms with Crippen LogP contribution in [-0.2, 0) is 17.1 Å². The summed E-state index contributed by atoms with van der Waals surface area (Å²) in [7, 11) is 0. The van der Waals surface area contributed by atoms with Gasteiger partial charge in [0.2, 0.25) is 0 Å². The number of fused-ring (bicyclic) bond motifs is 3. The maximum atomic E-state index is 4.38. The molecular weight excluding hydrogens is 234 g/mol. The molecule has 76 valence electrons. The van der Waals surface area contributed by atoms with Crippen LogP contribution in [0.5, 0.6) is 0 Å². The van der Waals surface area contributed by atoms with Crippen LogP contribution in [0.1, 0.15) is 0 Å². The smallest absolute Gasteiger partial charge is 0.304 e. The predicted octanol–water partition coefficient (Wildman–Crippen LogP) is 3.19. The van der Waals surface area contributed by atoms with E-state index in [1.807, 2.05) is 24.4 Å². The van der Waals surface area contributed by atoms with E-state index in [9.17, 15) is 0 Å². The van der Waals surface area contributed by atoms with Crippen molar-refractivity contribution < 1.29 is 17.1 Å². The first-order valence-electron chi connectivity index (χ1n) is 4.59. The van der Waals surface area contributed by atoms with E-state index >= 15 is 0 Å². The number of rotatable bonds is 0. The van der Waals surface area contributed by atoms with Gasteiger partial charge in [0, 0.05) is 6.20 Å². The minimum Gasteiger partial charge on any atom is -0.304 e. The van der Waals surface area contributed by atoms with Crippen molar-refractivity contribution in [3.63, 3.8) is 0 Å². The molecular formula is C13H8CuN. The zero-order valence-electron chi connectivity index (χ0n) is 7.87. The molecule has 2 aromatic carbocycles. The van der Waals surface area contributed by atoms with Crippen LogP contribution in [0.25, 0.3) is 21.7 Å². The first kappa shape index (κ1) is 10.2. The summed E-state index contributed by atoms with van der Waals surface area (Å²) in [6, 6.07) is 17.5. The van der Waals surface area contributed by atoms with Crippen LogP contribution in [0.2, 0.25) is 0 Å². The summed E-state index contributed by atoms with van der Waals surface area (Å²) in [4.78, 5) is 4.38. The maximum absolute atomic E-state index is 4.38. The Balaban J connectivity index is 0.000000853. The molecule has 0 saturated carbocycles. The van der Waals surface area contributed by atoms with Gasteiger partial charge in [-0.05, 0) is 17.0 Å². The predicted molar refractivity (Wildman–Crippen MR) is 58.1 cm³/mol. The Labute approximate surface area is 98.6 Å². The molecule has 0 N–H and O–H groups in total. The average Bonchev–Trinajstić information content (AvgIpc) is 2.29. The molecule has 0 saturated heterocycles. The van der Waals surface area contributed by atoms with Crippen molar-refractivity contribution in [3.05, 3.63) is 54.7 Å². The largest absolute Gasteiger partial charge is 1.00 e. The fourth-order valence-electron chi connectivity index (χ4n) is 1.73. The Morgan fingerprint density at radius 1 is 0.933 bits per heavy atom. The maximum Gasteiger partial charge on any atom is 1.00 e. The third kappa shape index (κ3) is 1.63. The third-order valence-corrected chi connectivity index (χ3v) is 2.41. The quantitative estimate of drug-likeness (QED) is 0.335. The summed E-state index contributed by atoms with van der Waals surface area (Å²) in [6.45, 7) is 0. The van der Waals surface area contributed by atoms with Gasteiger partial charge in [-0.3, -0.25) is 0 Å². The van der Waals surface area contributed by atoms with Gasteiger partial charge in [-0.25, -0.2) is 0 Å². The molecule has 0 spiro atoms. The molecule has 1 nitrogen and oxygen atoms in total. The van der Waals surface area contributed by atoms with Gasteiger partial charge in [-0.15, -0.1) is 35.0 Å². The van der Waals surface area contributed by atoms with Gasteiger partial charge in [-0.2, -0.15) is 0 Å². The fraction of sp³-hybridized carbons (Fsp3) is 0. The van der Waals surface area contributed by atoms with Gasteiger partial charge in [0.1, 0.15) is 0 Å². The molecule has 1 heterocycles.